The quantitative estimate of drug-likeness (QED) is 0.615. The van der Waals surface area contributed by atoms with Gasteiger partial charge >= 0.3 is 0 Å². The molecule has 2 heterocycles. The Morgan fingerprint density at radius 3 is 2.52 bits per heavy atom. The Morgan fingerprint density at radius 1 is 1.06 bits per heavy atom. The Hall–Kier alpha value is -1.63. The summed E-state index contributed by atoms with van der Waals surface area (Å²) in [5, 5.41) is 0.638. The number of carbonyl (C=O) groups is 2. The first-order valence-corrected chi connectivity index (χ1v) is 12.0. The van der Waals surface area contributed by atoms with Crippen LogP contribution in [0, 0.1) is 5.92 Å². The highest BCUT2D eigenvalue weighted by Gasteiger charge is 2.39. The molecule has 2 saturated heterocycles. The minimum Gasteiger partial charge on any atom is -0.381 e. The SMILES string of the molecule is CN(CCN(C1CCOCC1)C1CCN(C(=O)C2CC2)C1)C(=O)Cc1ccccc1Cl. The van der Waals surface area contributed by atoms with Crippen molar-refractivity contribution in [3.05, 3.63) is 34.9 Å². The van der Waals surface area contributed by atoms with Gasteiger partial charge in [0.05, 0.1) is 6.42 Å². The lowest BCUT2D eigenvalue weighted by atomic mass is 10.0. The number of hydrogen-bond donors (Lipinski definition) is 0. The zero-order chi connectivity index (χ0) is 21.8. The fourth-order valence-corrected chi connectivity index (χ4v) is 5.01. The predicted molar refractivity (Wildman–Crippen MR) is 121 cm³/mol. The lowest BCUT2D eigenvalue weighted by molar-refractivity contribution is -0.131. The van der Waals surface area contributed by atoms with Gasteiger partial charge in [0.2, 0.25) is 11.8 Å². The Balaban J connectivity index is 1.35. The zero-order valence-electron chi connectivity index (χ0n) is 18.5. The van der Waals surface area contributed by atoms with E-state index in [1.54, 1.807) is 0 Å². The molecule has 2 aliphatic heterocycles. The van der Waals surface area contributed by atoms with Crippen molar-refractivity contribution in [1.82, 2.24) is 14.7 Å². The molecule has 7 heteroatoms. The molecule has 1 saturated carbocycles. The molecule has 2 amide bonds. The van der Waals surface area contributed by atoms with Crippen LogP contribution in [0.5, 0.6) is 0 Å². The third-order valence-corrected chi connectivity index (χ3v) is 7.32. The van der Waals surface area contributed by atoms with Gasteiger partial charge in [-0.05, 0) is 43.7 Å². The maximum atomic E-state index is 12.8. The average Bonchev–Trinajstić information content (AvgIpc) is 3.53. The smallest absolute Gasteiger partial charge is 0.226 e. The van der Waals surface area contributed by atoms with Crippen molar-refractivity contribution in [2.75, 3.05) is 46.4 Å². The van der Waals surface area contributed by atoms with Gasteiger partial charge in [0.15, 0.2) is 0 Å². The maximum absolute atomic E-state index is 12.8. The normalized spacial score (nSPS) is 22.2. The van der Waals surface area contributed by atoms with E-state index in [0.717, 1.165) is 70.5 Å². The molecule has 1 aliphatic carbocycles. The van der Waals surface area contributed by atoms with Gasteiger partial charge in [-0.1, -0.05) is 29.8 Å². The summed E-state index contributed by atoms with van der Waals surface area (Å²) in [6, 6.07) is 8.36. The molecule has 1 aromatic rings. The first-order valence-electron chi connectivity index (χ1n) is 11.6. The number of benzene rings is 1. The molecular weight excluding hydrogens is 414 g/mol. The average molecular weight is 448 g/mol. The fourth-order valence-electron chi connectivity index (χ4n) is 4.81. The minimum absolute atomic E-state index is 0.0805. The van der Waals surface area contributed by atoms with Gasteiger partial charge in [0.1, 0.15) is 0 Å². The van der Waals surface area contributed by atoms with Crippen LogP contribution in [0.2, 0.25) is 5.02 Å². The molecule has 0 radical (unpaired) electrons. The van der Waals surface area contributed by atoms with Crippen LogP contribution < -0.4 is 0 Å². The molecule has 1 unspecified atom stereocenters. The Labute approximate surface area is 190 Å². The van der Waals surface area contributed by atoms with Crippen LogP contribution in [0.1, 0.15) is 37.7 Å². The molecule has 1 aromatic carbocycles. The van der Waals surface area contributed by atoms with Gasteiger partial charge in [0, 0.05) is 69.5 Å². The Bertz CT molecular complexity index is 779. The van der Waals surface area contributed by atoms with Gasteiger partial charge in [0.25, 0.3) is 0 Å². The number of carbonyl (C=O) groups excluding carboxylic acids is 2. The first-order chi connectivity index (χ1) is 15.0. The van der Waals surface area contributed by atoms with E-state index in [0.29, 0.717) is 36.0 Å². The molecule has 0 bridgehead atoms. The molecule has 3 aliphatic rings. The first kappa shape index (κ1) is 22.6. The largest absolute Gasteiger partial charge is 0.381 e. The molecule has 0 spiro atoms. The summed E-state index contributed by atoms with van der Waals surface area (Å²) in [4.78, 5) is 31.8. The molecule has 0 N–H and O–H groups in total. The van der Waals surface area contributed by atoms with Crippen molar-refractivity contribution in [2.45, 2.75) is 50.6 Å². The second kappa shape index (κ2) is 10.3. The summed E-state index contributed by atoms with van der Waals surface area (Å²) >= 11 is 6.23. The van der Waals surface area contributed by atoms with Crippen molar-refractivity contribution < 1.29 is 14.3 Å². The van der Waals surface area contributed by atoms with Crippen molar-refractivity contribution in [3.8, 4) is 0 Å². The number of likely N-dealkylation sites (tertiary alicyclic amines) is 1. The topological polar surface area (TPSA) is 53.1 Å². The number of halogens is 1. The molecule has 4 rings (SSSR count). The summed E-state index contributed by atoms with van der Waals surface area (Å²) in [6.45, 7) is 4.77. The lowest BCUT2D eigenvalue weighted by Crippen LogP contribution is -2.50. The van der Waals surface area contributed by atoms with E-state index < -0.39 is 0 Å². The third kappa shape index (κ3) is 5.79. The van der Waals surface area contributed by atoms with E-state index in [2.05, 4.69) is 9.80 Å². The van der Waals surface area contributed by atoms with Crippen LogP contribution in [0.4, 0.5) is 0 Å². The molecule has 1 atom stereocenters. The summed E-state index contributed by atoms with van der Waals surface area (Å²) in [7, 11) is 1.87. The fraction of sp³-hybridized carbons (Fsp3) is 0.667. The van der Waals surface area contributed by atoms with E-state index >= 15 is 0 Å². The van der Waals surface area contributed by atoms with E-state index in [1.165, 1.54) is 0 Å². The van der Waals surface area contributed by atoms with E-state index in [9.17, 15) is 9.59 Å². The highest BCUT2D eigenvalue weighted by atomic mass is 35.5. The van der Waals surface area contributed by atoms with Crippen LogP contribution in [0.15, 0.2) is 24.3 Å². The third-order valence-electron chi connectivity index (χ3n) is 6.95. The number of nitrogens with zero attached hydrogens (tertiary/aromatic N) is 3. The predicted octanol–water partition coefficient (Wildman–Crippen LogP) is 2.83. The van der Waals surface area contributed by atoms with Crippen molar-refractivity contribution in [3.63, 3.8) is 0 Å². The Morgan fingerprint density at radius 2 is 1.81 bits per heavy atom. The molecule has 6 nitrogen and oxygen atoms in total. The highest BCUT2D eigenvalue weighted by Crippen LogP contribution is 2.33. The van der Waals surface area contributed by atoms with Gasteiger partial charge in [-0.15, -0.1) is 0 Å². The van der Waals surface area contributed by atoms with Crippen molar-refractivity contribution >= 4 is 23.4 Å². The highest BCUT2D eigenvalue weighted by molar-refractivity contribution is 6.31. The van der Waals surface area contributed by atoms with Crippen LogP contribution in [-0.4, -0.2) is 85.0 Å². The number of ether oxygens (including phenoxy) is 1. The lowest BCUT2D eigenvalue weighted by Gasteiger charge is -2.39. The van der Waals surface area contributed by atoms with Gasteiger partial charge in [-0.25, -0.2) is 0 Å². The Kier molecular flexibility index (Phi) is 7.51. The van der Waals surface area contributed by atoms with E-state index in [-0.39, 0.29) is 11.8 Å². The number of amides is 2. The maximum Gasteiger partial charge on any atom is 0.226 e. The second-order valence-corrected chi connectivity index (χ2v) is 9.57. The monoisotopic (exact) mass is 447 g/mol. The van der Waals surface area contributed by atoms with Crippen LogP contribution in [-0.2, 0) is 20.7 Å². The molecule has 170 valence electrons. The molecular formula is C24H34ClN3O3. The van der Waals surface area contributed by atoms with Gasteiger partial charge in [-0.2, -0.15) is 0 Å². The standard InChI is InChI=1S/C24H34ClN3O3/c1-26(23(29)16-19-4-2-3-5-22(19)25)12-13-28(20-9-14-31-15-10-20)21-8-11-27(17-21)24(30)18-6-7-18/h2-5,18,20-21H,6-17H2,1H3. The van der Waals surface area contributed by atoms with E-state index in [4.69, 9.17) is 16.3 Å². The zero-order valence-corrected chi connectivity index (χ0v) is 19.2. The second-order valence-electron chi connectivity index (χ2n) is 9.17. The van der Waals surface area contributed by atoms with Crippen molar-refractivity contribution in [1.29, 1.82) is 0 Å². The summed E-state index contributed by atoms with van der Waals surface area (Å²) in [5.41, 5.74) is 0.868. The van der Waals surface area contributed by atoms with Crippen LogP contribution in [0.3, 0.4) is 0 Å². The number of likely N-dealkylation sites (N-methyl/N-ethyl adjacent to an activating group) is 1. The minimum atomic E-state index is 0.0805. The number of rotatable bonds is 8. The van der Waals surface area contributed by atoms with Crippen LogP contribution in [0.25, 0.3) is 0 Å². The summed E-state index contributed by atoms with van der Waals surface area (Å²) in [6.07, 6.45) is 5.49. The molecule has 31 heavy (non-hydrogen) atoms. The van der Waals surface area contributed by atoms with Crippen molar-refractivity contribution in [2.24, 2.45) is 5.92 Å². The van der Waals surface area contributed by atoms with E-state index in [1.807, 2.05) is 36.2 Å². The summed E-state index contributed by atoms with van der Waals surface area (Å²) in [5.74, 6) is 0.710. The number of hydrogen-bond acceptors (Lipinski definition) is 4. The van der Waals surface area contributed by atoms with Crippen LogP contribution >= 0.6 is 11.6 Å². The van der Waals surface area contributed by atoms with Gasteiger partial charge in [-0.3, -0.25) is 14.5 Å². The summed E-state index contributed by atoms with van der Waals surface area (Å²) < 4.78 is 5.58. The molecule has 3 fully saturated rings. The molecule has 0 aromatic heterocycles. The van der Waals surface area contributed by atoms with Gasteiger partial charge < -0.3 is 14.5 Å².